The van der Waals surface area contributed by atoms with Gasteiger partial charge in [0.1, 0.15) is 29.6 Å². The Morgan fingerprint density at radius 1 is 0.891 bits per heavy atom. The fourth-order valence-corrected chi connectivity index (χ4v) is 7.91. The van der Waals surface area contributed by atoms with E-state index in [1.807, 2.05) is 19.2 Å². The van der Waals surface area contributed by atoms with Crippen LogP contribution in [0.4, 0.5) is 5.69 Å². The van der Waals surface area contributed by atoms with E-state index in [9.17, 15) is 4.79 Å². The van der Waals surface area contributed by atoms with Crippen LogP contribution in [-0.4, -0.2) is 89.3 Å². The molecule has 0 bridgehead atoms. The number of piperazine rings is 1. The van der Waals surface area contributed by atoms with Crippen molar-refractivity contribution in [3.8, 4) is 17.2 Å². The average molecular weight is 691 g/mol. The molecule has 0 aliphatic carbocycles. The molecule has 3 aromatic carbocycles. The highest BCUT2D eigenvalue weighted by molar-refractivity contribution is 8.00. The number of aldehydes is 1. The summed E-state index contributed by atoms with van der Waals surface area (Å²) in [7, 11) is 5.41. The van der Waals surface area contributed by atoms with Gasteiger partial charge in [0.25, 0.3) is 0 Å². The van der Waals surface area contributed by atoms with Gasteiger partial charge in [-0.1, -0.05) is 29.8 Å². The minimum Gasteiger partial charge on any atom is -0.497 e. The zero-order chi connectivity index (χ0) is 31.1. The first kappa shape index (κ1) is 37.8. The monoisotopic (exact) mass is 689 g/mol. The number of fused-ring (bicyclic) bond motifs is 1. The number of hydrogen-bond donors (Lipinski definition) is 0. The standard InChI is InChI=1S/C36H47N3O4S.2ClH/c1-27-12-13-33(31(22-27)36(2)35(26-40)37(3)32-10-6-7-11-34(32)44-36)43-21-9-8-15-38-17-19-39(20-18-38)16-14-28-23-29(41-4)25-30(24-28)42-5;;/h6-7,10-13,22-26,35H,8-9,14-21H2,1-5H3;2*1H. The SMILES string of the molecule is COc1cc(CCN2CCN(CCCCOc3ccc(C)cc3C3(C)Sc4ccccc4N(C)C3C=O)CC2)cc(OC)c1.Cl.Cl. The van der Waals surface area contributed by atoms with Crippen LogP contribution in [0.5, 0.6) is 17.2 Å². The molecule has 0 aromatic heterocycles. The van der Waals surface area contributed by atoms with E-state index in [-0.39, 0.29) is 30.9 Å². The highest BCUT2D eigenvalue weighted by Crippen LogP contribution is 2.54. The Hall–Kier alpha value is -2.62. The Labute approximate surface area is 291 Å². The Morgan fingerprint density at radius 3 is 2.20 bits per heavy atom. The number of rotatable bonds is 13. The highest BCUT2D eigenvalue weighted by atomic mass is 35.5. The maximum atomic E-state index is 12.5. The molecule has 2 heterocycles. The molecule has 2 aliphatic heterocycles. The number of carbonyl (C=O) groups excluding carboxylic acids is 1. The van der Waals surface area contributed by atoms with Crippen LogP contribution in [0.25, 0.3) is 0 Å². The molecule has 0 amide bonds. The lowest BCUT2D eigenvalue weighted by Gasteiger charge is -2.46. The number of carbonyl (C=O) groups is 1. The summed E-state index contributed by atoms with van der Waals surface area (Å²) in [5, 5.41) is 0. The minimum atomic E-state index is -0.468. The molecule has 0 spiro atoms. The predicted molar refractivity (Wildman–Crippen MR) is 194 cm³/mol. The third kappa shape index (κ3) is 8.84. The Kier molecular flexibility index (Phi) is 14.4. The predicted octanol–water partition coefficient (Wildman–Crippen LogP) is 6.90. The fraction of sp³-hybridized carbons (Fsp3) is 0.472. The molecule has 5 rings (SSSR count). The summed E-state index contributed by atoms with van der Waals surface area (Å²) >= 11 is 1.76. The van der Waals surface area contributed by atoms with Crippen molar-refractivity contribution in [3.05, 3.63) is 77.4 Å². The number of nitrogens with zero attached hydrogens (tertiary/aromatic N) is 3. The number of halogens is 2. The summed E-state index contributed by atoms with van der Waals surface area (Å²) in [6.45, 7) is 11.5. The van der Waals surface area contributed by atoms with Gasteiger partial charge in [0, 0.05) is 56.3 Å². The molecule has 252 valence electrons. The zero-order valence-electron chi connectivity index (χ0n) is 27.7. The normalized spacial score (nSPS) is 19.8. The number of para-hydroxylation sites is 1. The summed E-state index contributed by atoms with van der Waals surface area (Å²) in [6.07, 6.45) is 4.17. The molecule has 0 saturated carbocycles. The molecule has 2 aliphatic rings. The largest absolute Gasteiger partial charge is 0.497 e. The lowest BCUT2D eigenvalue weighted by molar-refractivity contribution is -0.109. The van der Waals surface area contributed by atoms with Crippen LogP contribution in [0, 0.1) is 6.92 Å². The number of aryl methyl sites for hydroxylation is 1. The van der Waals surface area contributed by atoms with E-state index < -0.39 is 4.75 Å². The van der Waals surface area contributed by atoms with Crippen LogP contribution in [-0.2, 0) is 16.0 Å². The van der Waals surface area contributed by atoms with Gasteiger partial charge in [-0.25, -0.2) is 0 Å². The molecule has 46 heavy (non-hydrogen) atoms. The number of methoxy groups -OCH3 is 2. The second-order valence-corrected chi connectivity index (χ2v) is 13.6. The van der Waals surface area contributed by atoms with Gasteiger partial charge in [-0.2, -0.15) is 0 Å². The molecule has 10 heteroatoms. The maximum absolute atomic E-state index is 12.5. The molecule has 7 nitrogen and oxygen atoms in total. The first-order valence-electron chi connectivity index (χ1n) is 15.7. The van der Waals surface area contributed by atoms with Crippen molar-refractivity contribution in [3.63, 3.8) is 0 Å². The van der Waals surface area contributed by atoms with Crippen molar-refractivity contribution in [2.24, 2.45) is 0 Å². The summed E-state index contributed by atoms with van der Waals surface area (Å²) in [5.41, 5.74) is 4.60. The maximum Gasteiger partial charge on any atom is 0.144 e. The van der Waals surface area contributed by atoms with Crippen LogP contribution in [0.3, 0.4) is 0 Å². The lowest BCUT2D eigenvalue weighted by atomic mass is 9.89. The van der Waals surface area contributed by atoms with E-state index in [0.29, 0.717) is 6.61 Å². The molecule has 0 N–H and O–H groups in total. The van der Waals surface area contributed by atoms with Crippen molar-refractivity contribution in [2.45, 2.75) is 48.8 Å². The fourth-order valence-electron chi connectivity index (χ4n) is 6.39. The summed E-state index contributed by atoms with van der Waals surface area (Å²) in [4.78, 5) is 20.9. The molecule has 2 unspecified atom stereocenters. The van der Waals surface area contributed by atoms with Gasteiger partial charge in [-0.3, -0.25) is 0 Å². The van der Waals surface area contributed by atoms with Gasteiger partial charge >= 0.3 is 0 Å². The third-order valence-corrected chi connectivity index (χ3v) is 10.5. The van der Waals surface area contributed by atoms with Crippen LogP contribution in [0.1, 0.15) is 36.5 Å². The van der Waals surface area contributed by atoms with E-state index in [0.717, 1.165) is 93.3 Å². The zero-order valence-corrected chi connectivity index (χ0v) is 30.1. The number of anilines is 1. The average Bonchev–Trinajstić information content (AvgIpc) is 3.04. The Morgan fingerprint density at radius 2 is 1.54 bits per heavy atom. The van der Waals surface area contributed by atoms with Crippen molar-refractivity contribution in [1.29, 1.82) is 0 Å². The van der Waals surface area contributed by atoms with Crippen LogP contribution >= 0.6 is 36.6 Å². The van der Waals surface area contributed by atoms with E-state index in [1.54, 1.807) is 26.0 Å². The number of hydrogen-bond acceptors (Lipinski definition) is 8. The first-order valence-corrected chi connectivity index (χ1v) is 16.5. The van der Waals surface area contributed by atoms with Gasteiger partial charge in [0.05, 0.1) is 31.3 Å². The van der Waals surface area contributed by atoms with Crippen molar-refractivity contribution < 1.29 is 19.0 Å². The van der Waals surface area contributed by atoms with Crippen LogP contribution < -0.4 is 19.1 Å². The Balaban J connectivity index is 0.00000288. The van der Waals surface area contributed by atoms with Gasteiger partial charge in [-0.05, 0) is 75.5 Å². The van der Waals surface area contributed by atoms with E-state index >= 15 is 0 Å². The number of likely N-dealkylation sites (N-methyl/N-ethyl adjacent to an activating group) is 1. The molecule has 1 saturated heterocycles. The van der Waals surface area contributed by atoms with E-state index in [4.69, 9.17) is 14.2 Å². The van der Waals surface area contributed by atoms with Gasteiger partial charge in [0.15, 0.2) is 0 Å². The van der Waals surface area contributed by atoms with Crippen molar-refractivity contribution in [2.75, 3.05) is 72.0 Å². The molecule has 1 fully saturated rings. The highest BCUT2D eigenvalue weighted by Gasteiger charge is 2.45. The third-order valence-electron chi connectivity index (χ3n) is 9.07. The number of ether oxygens (including phenoxy) is 3. The van der Waals surface area contributed by atoms with Crippen molar-refractivity contribution >= 4 is 48.5 Å². The number of unbranched alkanes of at least 4 members (excludes halogenated alkanes) is 1. The molecule has 0 radical (unpaired) electrons. The van der Waals surface area contributed by atoms with Crippen LogP contribution in [0.15, 0.2) is 65.6 Å². The molecular formula is C36H49Cl2N3O4S. The summed E-state index contributed by atoms with van der Waals surface area (Å²) in [6, 6.07) is 20.5. The molecule has 3 aromatic rings. The molecular weight excluding hydrogens is 641 g/mol. The van der Waals surface area contributed by atoms with Crippen LogP contribution in [0.2, 0.25) is 0 Å². The summed E-state index contributed by atoms with van der Waals surface area (Å²) in [5.74, 6) is 2.57. The topological polar surface area (TPSA) is 54.5 Å². The quantitative estimate of drug-likeness (QED) is 0.142. The number of thioether (sulfide) groups is 1. The Bertz CT molecular complexity index is 1400. The summed E-state index contributed by atoms with van der Waals surface area (Å²) < 4.78 is 16.8. The van der Waals surface area contributed by atoms with Gasteiger partial charge in [-0.15, -0.1) is 36.6 Å². The molecule has 2 atom stereocenters. The van der Waals surface area contributed by atoms with Crippen molar-refractivity contribution in [1.82, 2.24) is 9.80 Å². The van der Waals surface area contributed by atoms with E-state index in [1.165, 1.54) is 16.0 Å². The second-order valence-electron chi connectivity index (χ2n) is 12.1. The number of benzene rings is 3. The van der Waals surface area contributed by atoms with Gasteiger partial charge < -0.3 is 33.7 Å². The first-order chi connectivity index (χ1) is 21.3. The smallest absolute Gasteiger partial charge is 0.144 e. The minimum absolute atomic E-state index is 0. The second kappa shape index (κ2) is 17.5. The van der Waals surface area contributed by atoms with Gasteiger partial charge in [0.2, 0.25) is 0 Å². The lowest BCUT2D eigenvalue weighted by Crippen LogP contribution is -2.49. The van der Waals surface area contributed by atoms with E-state index in [2.05, 4.69) is 77.1 Å².